The molecule has 2 aliphatic rings. The molecule has 0 aromatic heterocycles. The van der Waals surface area contributed by atoms with E-state index in [1.807, 2.05) is 12.1 Å². The van der Waals surface area contributed by atoms with Crippen molar-refractivity contribution in [1.82, 2.24) is 10.2 Å². The second-order valence-electron chi connectivity index (χ2n) is 5.57. The van der Waals surface area contributed by atoms with Crippen LogP contribution in [0, 0.1) is 5.92 Å². The van der Waals surface area contributed by atoms with Gasteiger partial charge in [0.25, 0.3) is 0 Å². The highest BCUT2D eigenvalue weighted by atomic mass is 16.3. The predicted molar refractivity (Wildman–Crippen MR) is 72.2 cm³/mol. The number of piperidine rings is 1. The topological polar surface area (TPSA) is 35.5 Å². The van der Waals surface area contributed by atoms with Gasteiger partial charge in [-0.05, 0) is 43.0 Å². The van der Waals surface area contributed by atoms with Gasteiger partial charge in [-0.1, -0.05) is 24.3 Å². The normalized spacial score (nSPS) is 28.3. The van der Waals surface area contributed by atoms with Crippen LogP contribution in [0.3, 0.4) is 0 Å². The summed E-state index contributed by atoms with van der Waals surface area (Å²) in [6.07, 6.45) is 2.72. The van der Waals surface area contributed by atoms with Gasteiger partial charge < -0.3 is 10.4 Å². The van der Waals surface area contributed by atoms with E-state index in [4.69, 9.17) is 5.11 Å². The van der Waals surface area contributed by atoms with Crippen molar-refractivity contribution in [3.8, 4) is 0 Å². The molecule has 18 heavy (non-hydrogen) atoms. The minimum atomic E-state index is 0.138. The van der Waals surface area contributed by atoms with E-state index >= 15 is 0 Å². The van der Waals surface area contributed by atoms with Crippen molar-refractivity contribution in [1.29, 1.82) is 0 Å². The fraction of sp³-hybridized carbons (Fsp3) is 0.600. The SMILES string of the molecule is OCc1ccc(CN2CCCC3CNCC32)cc1. The smallest absolute Gasteiger partial charge is 0.0681 e. The predicted octanol–water partition coefficient (Wildman–Crippen LogP) is 1.36. The van der Waals surface area contributed by atoms with E-state index in [0.717, 1.165) is 30.6 Å². The molecule has 2 heterocycles. The van der Waals surface area contributed by atoms with Crippen molar-refractivity contribution in [2.24, 2.45) is 5.92 Å². The zero-order valence-electron chi connectivity index (χ0n) is 10.8. The van der Waals surface area contributed by atoms with Crippen LogP contribution in [-0.4, -0.2) is 35.7 Å². The van der Waals surface area contributed by atoms with Crippen LogP contribution in [0.1, 0.15) is 24.0 Å². The lowest BCUT2D eigenvalue weighted by Gasteiger charge is -2.37. The Hall–Kier alpha value is -0.900. The molecule has 3 rings (SSSR count). The highest BCUT2D eigenvalue weighted by Crippen LogP contribution is 2.27. The number of nitrogens with zero attached hydrogens (tertiary/aromatic N) is 1. The molecule has 0 amide bonds. The van der Waals surface area contributed by atoms with Crippen LogP contribution in [0.5, 0.6) is 0 Å². The summed E-state index contributed by atoms with van der Waals surface area (Å²) in [4.78, 5) is 2.63. The average Bonchev–Trinajstić information content (AvgIpc) is 2.89. The number of fused-ring (bicyclic) bond motifs is 1. The van der Waals surface area contributed by atoms with E-state index in [1.54, 1.807) is 0 Å². The second kappa shape index (κ2) is 5.39. The van der Waals surface area contributed by atoms with Crippen LogP contribution in [0.2, 0.25) is 0 Å². The summed E-state index contributed by atoms with van der Waals surface area (Å²) in [5.41, 5.74) is 2.36. The first kappa shape index (κ1) is 12.2. The standard InChI is InChI=1S/C15H22N2O/c18-11-13-5-3-12(4-6-13)10-17-7-1-2-14-8-16-9-15(14)17/h3-6,14-16,18H,1-2,7-11H2. The Kier molecular flexibility index (Phi) is 3.64. The van der Waals surface area contributed by atoms with Crippen LogP contribution in [0.4, 0.5) is 0 Å². The molecule has 1 aromatic carbocycles. The lowest BCUT2D eigenvalue weighted by atomic mass is 9.91. The molecule has 2 saturated heterocycles. The van der Waals surface area contributed by atoms with E-state index in [0.29, 0.717) is 0 Å². The molecule has 0 spiro atoms. The maximum absolute atomic E-state index is 9.05. The monoisotopic (exact) mass is 246 g/mol. The summed E-state index contributed by atoms with van der Waals surface area (Å²) < 4.78 is 0. The fourth-order valence-electron chi connectivity index (χ4n) is 3.34. The molecule has 0 saturated carbocycles. The van der Waals surface area contributed by atoms with Gasteiger partial charge in [0, 0.05) is 19.1 Å². The second-order valence-corrected chi connectivity index (χ2v) is 5.57. The summed E-state index contributed by atoms with van der Waals surface area (Å²) in [6, 6.07) is 9.10. The lowest BCUT2D eigenvalue weighted by Crippen LogP contribution is -2.44. The van der Waals surface area contributed by atoms with Gasteiger partial charge in [-0.15, -0.1) is 0 Å². The zero-order valence-corrected chi connectivity index (χ0v) is 10.8. The van der Waals surface area contributed by atoms with E-state index in [9.17, 15) is 0 Å². The van der Waals surface area contributed by atoms with Crippen LogP contribution < -0.4 is 5.32 Å². The Morgan fingerprint density at radius 2 is 1.94 bits per heavy atom. The molecule has 98 valence electrons. The van der Waals surface area contributed by atoms with Crippen molar-refractivity contribution in [2.45, 2.75) is 32.0 Å². The van der Waals surface area contributed by atoms with E-state index in [2.05, 4.69) is 22.3 Å². The first-order valence-corrected chi connectivity index (χ1v) is 7.00. The third kappa shape index (κ3) is 2.44. The molecule has 2 unspecified atom stereocenters. The summed E-state index contributed by atoms with van der Waals surface area (Å²) in [5.74, 6) is 0.857. The van der Waals surface area contributed by atoms with Gasteiger partial charge in [-0.3, -0.25) is 4.90 Å². The van der Waals surface area contributed by atoms with Gasteiger partial charge in [-0.25, -0.2) is 0 Å². The number of aliphatic hydroxyl groups excluding tert-OH is 1. The number of nitrogens with one attached hydrogen (secondary N) is 1. The van der Waals surface area contributed by atoms with Crippen LogP contribution >= 0.6 is 0 Å². The Morgan fingerprint density at radius 3 is 2.72 bits per heavy atom. The molecule has 2 atom stereocenters. The third-order valence-corrected chi connectivity index (χ3v) is 4.38. The first-order chi connectivity index (χ1) is 8.86. The van der Waals surface area contributed by atoms with Crippen molar-refractivity contribution in [3.05, 3.63) is 35.4 Å². The third-order valence-electron chi connectivity index (χ3n) is 4.38. The number of benzene rings is 1. The van der Waals surface area contributed by atoms with Gasteiger partial charge in [0.05, 0.1) is 6.61 Å². The largest absolute Gasteiger partial charge is 0.392 e. The molecular formula is C15H22N2O. The number of hydrogen-bond acceptors (Lipinski definition) is 3. The molecule has 0 bridgehead atoms. The average molecular weight is 246 g/mol. The van der Waals surface area contributed by atoms with Gasteiger partial charge >= 0.3 is 0 Å². The zero-order chi connectivity index (χ0) is 12.4. The molecule has 2 fully saturated rings. The van der Waals surface area contributed by atoms with E-state index in [-0.39, 0.29) is 6.61 Å². The number of likely N-dealkylation sites (tertiary alicyclic amines) is 1. The minimum absolute atomic E-state index is 0.138. The first-order valence-electron chi connectivity index (χ1n) is 7.00. The Morgan fingerprint density at radius 1 is 1.17 bits per heavy atom. The van der Waals surface area contributed by atoms with Crippen molar-refractivity contribution in [3.63, 3.8) is 0 Å². The molecule has 2 N–H and O–H groups in total. The summed E-state index contributed by atoms with van der Waals surface area (Å²) in [6.45, 7) is 4.77. The molecule has 3 heteroatoms. The van der Waals surface area contributed by atoms with Gasteiger partial charge in [0.2, 0.25) is 0 Å². The maximum Gasteiger partial charge on any atom is 0.0681 e. The number of aliphatic hydroxyl groups is 1. The molecule has 3 nitrogen and oxygen atoms in total. The van der Waals surface area contributed by atoms with Crippen LogP contribution in [0.15, 0.2) is 24.3 Å². The van der Waals surface area contributed by atoms with Crippen LogP contribution in [0.25, 0.3) is 0 Å². The van der Waals surface area contributed by atoms with Crippen LogP contribution in [-0.2, 0) is 13.2 Å². The van der Waals surface area contributed by atoms with Gasteiger partial charge in [-0.2, -0.15) is 0 Å². The maximum atomic E-state index is 9.05. The summed E-state index contributed by atoms with van der Waals surface area (Å²) >= 11 is 0. The van der Waals surface area contributed by atoms with Crippen molar-refractivity contribution < 1.29 is 5.11 Å². The number of hydrogen-bond donors (Lipinski definition) is 2. The molecule has 0 aliphatic carbocycles. The Balaban J connectivity index is 1.67. The van der Waals surface area contributed by atoms with Gasteiger partial charge in [0.1, 0.15) is 0 Å². The van der Waals surface area contributed by atoms with Crippen molar-refractivity contribution >= 4 is 0 Å². The van der Waals surface area contributed by atoms with Crippen molar-refractivity contribution in [2.75, 3.05) is 19.6 Å². The summed E-state index contributed by atoms with van der Waals surface area (Å²) in [7, 11) is 0. The Bertz CT molecular complexity index is 390. The minimum Gasteiger partial charge on any atom is -0.392 e. The molecule has 0 radical (unpaired) electrons. The lowest BCUT2D eigenvalue weighted by molar-refractivity contribution is 0.117. The summed E-state index contributed by atoms with van der Waals surface area (Å²) in [5, 5.41) is 12.6. The highest BCUT2D eigenvalue weighted by Gasteiger charge is 2.34. The molecular weight excluding hydrogens is 224 g/mol. The highest BCUT2D eigenvalue weighted by molar-refractivity contribution is 5.22. The molecule has 1 aromatic rings. The fourth-order valence-corrected chi connectivity index (χ4v) is 3.34. The van der Waals surface area contributed by atoms with E-state index < -0.39 is 0 Å². The Labute approximate surface area is 109 Å². The molecule has 2 aliphatic heterocycles. The quantitative estimate of drug-likeness (QED) is 0.845. The number of rotatable bonds is 3. The van der Waals surface area contributed by atoms with Gasteiger partial charge in [0.15, 0.2) is 0 Å². The van der Waals surface area contributed by atoms with E-state index in [1.165, 1.54) is 31.5 Å².